The Bertz CT molecular complexity index is 546. The lowest BCUT2D eigenvalue weighted by Gasteiger charge is -2.07. The summed E-state index contributed by atoms with van der Waals surface area (Å²) >= 11 is 0. The molecule has 0 aliphatic carbocycles. The first-order valence-corrected chi connectivity index (χ1v) is 7.11. The summed E-state index contributed by atoms with van der Waals surface area (Å²) in [5, 5.41) is 8.82. The molecule has 0 saturated heterocycles. The van der Waals surface area contributed by atoms with E-state index in [9.17, 15) is 8.42 Å². The van der Waals surface area contributed by atoms with Crippen LogP contribution < -0.4 is 4.74 Å². The van der Waals surface area contributed by atoms with Crippen LogP contribution >= 0.6 is 0 Å². The molecule has 0 aromatic heterocycles. The van der Waals surface area contributed by atoms with Gasteiger partial charge in [-0.1, -0.05) is 6.07 Å². The lowest BCUT2D eigenvalue weighted by molar-refractivity contribution is 0.217. The maximum absolute atomic E-state index is 11.7. The molecular weight excluding hydrogens is 254 g/mol. The summed E-state index contributed by atoms with van der Waals surface area (Å²) in [5.41, 5.74) is 0.984. The molecule has 0 radical (unpaired) electrons. The minimum Gasteiger partial charge on any atom is -0.495 e. The van der Waals surface area contributed by atoms with Gasteiger partial charge in [-0.2, -0.15) is 5.26 Å². The Morgan fingerprint density at radius 3 is 2.61 bits per heavy atom. The molecule has 0 spiro atoms. The minimum atomic E-state index is -3.20. The molecule has 0 saturated carbocycles. The molecular formula is C12H15NO4S. The molecule has 98 valence electrons. The molecule has 18 heavy (non-hydrogen) atoms. The summed E-state index contributed by atoms with van der Waals surface area (Å²) < 4.78 is 33.2. The van der Waals surface area contributed by atoms with Crippen molar-refractivity contribution in [2.24, 2.45) is 0 Å². The van der Waals surface area contributed by atoms with Gasteiger partial charge in [0.15, 0.2) is 9.84 Å². The van der Waals surface area contributed by atoms with Crippen molar-refractivity contribution in [2.75, 3.05) is 26.6 Å². The number of rotatable bonds is 6. The highest BCUT2D eigenvalue weighted by molar-refractivity contribution is 7.90. The summed E-state index contributed by atoms with van der Waals surface area (Å²) in [6.45, 7) is 0.176. The predicted molar refractivity (Wildman–Crippen MR) is 67.1 cm³/mol. The van der Waals surface area contributed by atoms with Crippen LogP contribution in [-0.2, 0) is 20.3 Å². The third-order valence-corrected chi connectivity index (χ3v) is 3.93. The van der Waals surface area contributed by atoms with Crippen molar-refractivity contribution in [3.8, 4) is 11.8 Å². The third kappa shape index (κ3) is 4.02. The molecule has 0 bridgehead atoms. The van der Waals surface area contributed by atoms with Crippen LogP contribution in [0.15, 0.2) is 18.2 Å². The second-order valence-electron chi connectivity index (χ2n) is 3.73. The van der Waals surface area contributed by atoms with Crippen molar-refractivity contribution in [1.82, 2.24) is 0 Å². The number of nitriles is 1. The molecule has 6 heteroatoms. The van der Waals surface area contributed by atoms with Gasteiger partial charge < -0.3 is 9.47 Å². The van der Waals surface area contributed by atoms with Gasteiger partial charge in [0.05, 0.1) is 30.8 Å². The van der Waals surface area contributed by atoms with Crippen LogP contribution in [0.3, 0.4) is 0 Å². The molecule has 1 aromatic carbocycles. The Morgan fingerprint density at radius 2 is 2.06 bits per heavy atom. The molecule has 0 amide bonds. The second-order valence-corrected chi connectivity index (χ2v) is 5.92. The van der Waals surface area contributed by atoms with Crippen molar-refractivity contribution in [3.63, 3.8) is 0 Å². The highest BCUT2D eigenvalue weighted by Crippen LogP contribution is 2.20. The van der Waals surface area contributed by atoms with E-state index in [0.29, 0.717) is 16.9 Å². The van der Waals surface area contributed by atoms with Crippen LogP contribution in [0.2, 0.25) is 0 Å². The van der Waals surface area contributed by atoms with Crippen LogP contribution in [0.4, 0.5) is 0 Å². The highest BCUT2D eigenvalue weighted by Gasteiger charge is 2.13. The third-order valence-electron chi connectivity index (χ3n) is 2.37. The zero-order valence-corrected chi connectivity index (χ0v) is 11.2. The first-order valence-electron chi connectivity index (χ1n) is 5.29. The van der Waals surface area contributed by atoms with Crippen molar-refractivity contribution in [3.05, 3.63) is 29.3 Å². The van der Waals surface area contributed by atoms with Crippen LogP contribution in [0.1, 0.15) is 11.1 Å². The van der Waals surface area contributed by atoms with E-state index in [1.54, 1.807) is 18.2 Å². The van der Waals surface area contributed by atoms with E-state index in [-0.39, 0.29) is 18.1 Å². The normalized spacial score (nSPS) is 10.9. The Balaban J connectivity index is 2.89. The van der Waals surface area contributed by atoms with Crippen molar-refractivity contribution in [2.45, 2.75) is 5.75 Å². The monoisotopic (exact) mass is 269 g/mol. The largest absolute Gasteiger partial charge is 0.495 e. The van der Waals surface area contributed by atoms with Gasteiger partial charge in [0, 0.05) is 7.11 Å². The van der Waals surface area contributed by atoms with Crippen molar-refractivity contribution < 1.29 is 17.9 Å². The van der Waals surface area contributed by atoms with Gasteiger partial charge in [-0.15, -0.1) is 0 Å². The van der Waals surface area contributed by atoms with Gasteiger partial charge in [-0.3, -0.25) is 0 Å². The van der Waals surface area contributed by atoms with Gasteiger partial charge in [0.1, 0.15) is 11.8 Å². The SMILES string of the molecule is COCCS(=O)(=O)Cc1ccc(C#N)c(OC)c1. The molecule has 5 nitrogen and oxygen atoms in total. The molecule has 0 fully saturated rings. The number of hydrogen-bond donors (Lipinski definition) is 0. The maximum Gasteiger partial charge on any atom is 0.156 e. The van der Waals surface area contributed by atoms with Crippen LogP contribution in [0.5, 0.6) is 5.75 Å². The first kappa shape index (κ1) is 14.5. The van der Waals surface area contributed by atoms with E-state index >= 15 is 0 Å². The molecule has 1 rings (SSSR count). The number of sulfone groups is 1. The highest BCUT2D eigenvalue weighted by atomic mass is 32.2. The summed E-state index contributed by atoms with van der Waals surface area (Å²) in [6, 6.07) is 6.72. The number of hydrogen-bond acceptors (Lipinski definition) is 5. The number of ether oxygens (including phenoxy) is 2. The molecule has 0 aliphatic rings. The van der Waals surface area contributed by atoms with Crippen molar-refractivity contribution >= 4 is 9.84 Å². The molecule has 0 N–H and O–H groups in total. The molecule has 0 atom stereocenters. The van der Waals surface area contributed by atoms with Crippen LogP contribution in [0, 0.1) is 11.3 Å². The van der Waals surface area contributed by atoms with Gasteiger partial charge in [-0.25, -0.2) is 8.42 Å². The molecule has 1 aromatic rings. The topological polar surface area (TPSA) is 76.4 Å². The van der Waals surface area contributed by atoms with Crippen LogP contribution in [-0.4, -0.2) is 35.0 Å². The smallest absolute Gasteiger partial charge is 0.156 e. The van der Waals surface area contributed by atoms with Gasteiger partial charge >= 0.3 is 0 Å². The van der Waals surface area contributed by atoms with Gasteiger partial charge in [0.25, 0.3) is 0 Å². The zero-order chi connectivity index (χ0) is 13.6. The van der Waals surface area contributed by atoms with E-state index in [4.69, 9.17) is 14.7 Å². The lowest BCUT2D eigenvalue weighted by atomic mass is 10.1. The maximum atomic E-state index is 11.7. The van der Waals surface area contributed by atoms with E-state index < -0.39 is 9.84 Å². The Labute approximate surface area is 107 Å². The molecule has 0 unspecified atom stereocenters. The Kier molecular flexibility index (Phi) is 5.13. The Morgan fingerprint density at radius 1 is 1.33 bits per heavy atom. The fourth-order valence-electron chi connectivity index (χ4n) is 1.45. The lowest BCUT2D eigenvalue weighted by Crippen LogP contribution is -2.13. The average Bonchev–Trinajstić information content (AvgIpc) is 2.35. The van der Waals surface area contributed by atoms with E-state index in [0.717, 1.165) is 0 Å². The fourth-order valence-corrected chi connectivity index (χ4v) is 2.71. The number of benzene rings is 1. The minimum absolute atomic E-state index is 0.0220. The first-order chi connectivity index (χ1) is 8.52. The quantitative estimate of drug-likeness (QED) is 0.773. The number of methoxy groups -OCH3 is 2. The fraction of sp³-hybridized carbons (Fsp3) is 0.417. The summed E-state index contributed by atoms with van der Waals surface area (Å²) in [4.78, 5) is 0. The average molecular weight is 269 g/mol. The van der Waals surface area contributed by atoms with Crippen molar-refractivity contribution in [1.29, 1.82) is 5.26 Å². The summed E-state index contributed by atoms with van der Waals surface area (Å²) in [6.07, 6.45) is 0. The predicted octanol–water partition coefficient (Wildman–Crippen LogP) is 1.13. The standard InChI is InChI=1S/C12H15NO4S/c1-16-5-6-18(14,15)9-10-3-4-11(8-13)12(7-10)17-2/h3-4,7H,5-6,9H2,1-2H3. The second kappa shape index (κ2) is 6.38. The summed E-state index contributed by atoms with van der Waals surface area (Å²) in [7, 11) is -0.302. The zero-order valence-electron chi connectivity index (χ0n) is 10.3. The van der Waals surface area contributed by atoms with Crippen LogP contribution in [0.25, 0.3) is 0 Å². The number of nitrogens with zero attached hydrogens (tertiary/aromatic N) is 1. The summed E-state index contributed by atoms with van der Waals surface area (Å²) in [5.74, 6) is 0.279. The molecule has 0 heterocycles. The van der Waals surface area contributed by atoms with Gasteiger partial charge in [0.2, 0.25) is 0 Å². The van der Waals surface area contributed by atoms with E-state index in [1.807, 2.05) is 6.07 Å². The Hall–Kier alpha value is -1.58. The van der Waals surface area contributed by atoms with E-state index in [2.05, 4.69) is 0 Å². The van der Waals surface area contributed by atoms with Gasteiger partial charge in [-0.05, 0) is 17.7 Å². The van der Waals surface area contributed by atoms with E-state index in [1.165, 1.54) is 14.2 Å². The molecule has 0 aliphatic heterocycles.